The monoisotopic (exact) mass is 182 g/mol. The standard InChI is InChI=1S/C9H18N4/c1-2-3-4-5-6-13-8-9(7-10)11-12-13/h8H,2-7,10H2,1H3. The first-order valence-electron chi connectivity index (χ1n) is 4.96. The second-order valence-electron chi connectivity index (χ2n) is 3.24. The second-order valence-corrected chi connectivity index (χ2v) is 3.24. The van der Waals surface area contributed by atoms with Crippen molar-refractivity contribution in [2.45, 2.75) is 45.7 Å². The van der Waals surface area contributed by atoms with Crippen molar-refractivity contribution in [3.05, 3.63) is 11.9 Å². The predicted molar refractivity (Wildman–Crippen MR) is 52.1 cm³/mol. The van der Waals surface area contributed by atoms with Gasteiger partial charge in [-0.05, 0) is 6.42 Å². The summed E-state index contributed by atoms with van der Waals surface area (Å²) < 4.78 is 1.87. The summed E-state index contributed by atoms with van der Waals surface area (Å²) in [7, 11) is 0. The molecule has 0 aliphatic rings. The van der Waals surface area contributed by atoms with E-state index in [1.165, 1.54) is 25.7 Å². The van der Waals surface area contributed by atoms with Crippen molar-refractivity contribution in [3.63, 3.8) is 0 Å². The van der Waals surface area contributed by atoms with Crippen molar-refractivity contribution < 1.29 is 0 Å². The number of nitrogens with two attached hydrogens (primary N) is 1. The summed E-state index contributed by atoms with van der Waals surface area (Å²) in [5.41, 5.74) is 6.29. The number of hydrogen-bond donors (Lipinski definition) is 1. The van der Waals surface area contributed by atoms with Crippen LogP contribution in [0.25, 0.3) is 0 Å². The Morgan fingerprint density at radius 1 is 1.38 bits per heavy atom. The smallest absolute Gasteiger partial charge is 0.0962 e. The molecule has 0 bridgehead atoms. The van der Waals surface area contributed by atoms with Gasteiger partial charge in [0.05, 0.1) is 5.69 Å². The maximum atomic E-state index is 5.42. The molecule has 74 valence electrons. The van der Waals surface area contributed by atoms with Crippen LogP contribution in [0.15, 0.2) is 6.20 Å². The summed E-state index contributed by atoms with van der Waals surface area (Å²) in [6.07, 6.45) is 6.95. The molecule has 0 saturated carbocycles. The highest BCUT2D eigenvalue weighted by atomic mass is 15.4. The highest BCUT2D eigenvalue weighted by Crippen LogP contribution is 2.01. The average Bonchev–Trinajstić information content (AvgIpc) is 2.60. The van der Waals surface area contributed by atoms with Gasteiger partial charge in [-0.25, -0.2) is 0 Å². The lowest BCUT2D eigenvalue weighted by atomic mass is 10.2. The fourth-order valence-electron chi connectivity index (χ4n) is 1.24. The normalized spacial score (nSPS) is 10.6. The van der Waals surface area contributed by atoms with Gasteiger partial charge in [0.2, 0.25) is 0 Å². The van der Waals surface area contributed by atoms with Crippen LogP contribution in [0.3, 0.4) is 0 Å². The van der Waals surface area contributed by atoms with Crippen LogP contribution in [0.4, 0.5) is 0 Å². The molecule has 1 aromatic rings. The molecule has 0 unspecified atom stereocenters. The van der Waals surface area contributed by atoms with Gasteiger partial charge in [-0.2, -0.15) is 0 Å². The molecule has 1 aromatic heterocycles. The Labute approximate surface area is 79.1 Å². The molecule has 4 heteroatoms. The van der Waals surface area contributed by atoms with E-state index in [0.717, 1.165) is 12.2 Å². The topological polar surface area (TPSA) is 56.7 Å². The molecule has 0 aromatic carbocycles. The van der Waals surface area contributed by atoms with Crippen LogP contribution < -0.4 is 5.73 Å². The minimum atomic E-state index is 0.481. The van der Waals surface area contributed by atoms with Crippen LogP contribution >= 0.6 is 0 Å². The van der Waals surface area contributed by atoms with Gasteiger partial charge in [-0.15, -0.1) is 5.10 Å². The fourth-order valence-corrected chi connectivity index (χ4v) is 1.24. The van der Waals surface area contributed by atoms with Crippen molar-refractivity contribution in [3.8, 4) is 0 Å². The van der Waals surface area contributed by atoms with Crippen LogP contribution in [-0.2, 0) is 13.1 Å². The fraction of sp³-hybridized carbons (Fsp3) is 0.778. The van der Waals surface area contributed by atoms with E-state index in [9.17, 15) is 0 Å². The van der Waals surface area contributed by atoms with Gasteiger partial charge in [-0.3, -0.25) is 4.68 Å². The number of aromatic nitrogens is 3. The lowest BCUT2D eigenvalue weighted by Crippen LogP contribution is -1.98. The summed E-state index contributed by atoms with van der Waals surface area (Å²) in [5.74, 6) is 0. The summed E-state index contributed by atoms with van der Waals surface area (Å²) >= 11 is 0. The Morgan fingerprint density at radius 3 is 2.85 bits per heavy atom. The Morgan fingerprint density at radius 2 is 2.23 bits per heavy atom. The third kappa shape index (κ3) is 3.55. The number of rotatable bonds is 6. The molecule has 0 spiro atoms. The molecule has 0 atom stereocenters. The maximum Gasteiger partial charge on any atom is 0.0962 e. The van der Waals surface area contributed by atoms with Gasteiger partial charge in [0.1, 0.15) is 0 Å². The zero-order valence-corrected chi connectivity index (χ0v) is 8.24. The van der Waals surface area contributed by atoms with Crippen molar-refractivity contribution in [1.29, 1.82) is 0 Å². The number of aryl methyl sites for hydroxylation is 1. The summed E-state index contributed by atoms with van der Waals surface area (Å²) in [6, 6.07) is 0. The number of unbranched alkanes of at least 4 members (excludes halogenated alkanes) is 3. The molecule has 1 heterocycles. The van der Waals surface area contributed by atoms with Crippen molar-refractivity contribution in [2.75, 3.05) is 0 Å². The molecule has 13 heavy (non-hydrogen) atoms. The molecule has 0 aliphatic heterocycles. The van der Waals surface area contributed by atoms with E-state index in [1.54, 1.807) is 0 Å². The summed E-state index contributed by atoms with van der Waals surface area (Å²) in [6.45, 7) is 3.66. The van der Waals surface area contributed by atoms with E-state index in [0.29, 0.717) is 6.54 Å². The molecule has 4 nitrogen and oxygen atoms in total. The minimum Gasteiger partial charge on any atom is -0.325 e. The largest absolute Gasteiger partial charge is 0.325 e. The van der Waals surface area contributed by atoms with E-state index >= 15 is 0 Å². The Balaban J connectivity index is 2.20. The molecule has 0 aliphatic carbocycles. The Hall–Kier alpha value is -0.900. The molecule has 0 radical (unpaired) electrons. The minimum absolute atomic E-state index is 0.481. The van der Waals surface area contributed by atoms with Crippen LogP contribution in [0.2, 0.25) is 0 Å². The average molecular weight is 182 g/mol. The third-order valence-electron chi connectivity index (χ3n) is 2.04. The molecule has 1 rings (SSSR count). The molecule has 0 amide bonds. The second kappa shape index (κ2) is 5.70. The van der Waals surface area contributed by atoms with Gasteiger partial charge < -0.3 is 5.73 Å². The molecular weight excluding hydrogens is 164 g/mol. The van der Waals surface area contributed by atoms with Gasteiger partial charge in [0.25, 0.3) is 0 Å². The summed E-state index contributed by atoms with van der Waals surface area (Å²) in [5, 5.41) is 7.89. The van der Waals surface area contributed by atoms with Crippen LogP contribution in [0, 0.1) is 0 Å². The van der Waals surface area contributed by atoms with Gasteiger partial charge in [-0.1, -0.05) is 31.4 Å². The molecule has 2 N–H and O–H groups in total. The lowest BCUT2D eigenvalue weighted by molar-refractivity contribution is 0.527. The van der Waals surface area contributed by atoms with E-state index < -0.39 is 0 Å². The van der Waals surface area contributed by atoms with Crippen LogP contribution in [0.1, 0.15) is 38.3 Å². The van der Waals surface area contributed by atoms with Crippen LogP contribution in [0.5, 0.6) is 0 Å². The molecule has 0 fully saturated rings. The van der Waals surface area contributed by atoms with E-state index in [4.69, 9.17) is 5.73 Å². The SMILES string of the molecule is CCCCCCn1cc(CN)nn1. The van der Waals surface area contributed by atoms with Crippen molar-refractivity contribution >= 4 is 0 Å². The quantitative estimate of drug-likeness (QED) is 0.675. The first-order chi connectivity index (χ1) is 6.36. The maximum absolute atomic E-state index is 5.42. The van der Waals surface area contributed by atoms with Gasteiger partial charge in [0, 0.05) is 19.3 Å². The Kier molecular flexibility index (Phi) is 4.46. The van der Waals surface area contributed by atoms with E-state index in [1.807, 2.05) is 10.9 Å². The molecule has 0 saturated heterocycles. The highest BCUT2D eigenvalue weighted by Gasteiger charge is 1.97. The van der Waals surface area contributed by atoms with Crippen molar-refractivity contribution in [1.82, 2.24) is 15.0 Å². The first kappa shape index (κ1) is 10.2. The third-order valence-corrected chi connectivity index (χ3v) is 2.04. The van der Waals surface area contributed by atoms with Gasteiger partial charge >= 0.3 is 0 Å². The number of nitrogens with zero attached hydrogens (tertiary/aromatic N) is 3. The summed E-state index contributed by atoms with van der Waals surface area (Å²) in [4.78, 5) is 0. The van der Waals surface area contributed by atoms with Crippen molar-refractivity contribution in [2.24, 2.45) is 5.73 Å². The zero-order valence-electron chi connectivity index (χ0n) is 8.24. The Bertz CT molecular complexity index is 231. The predicted octanol–water partition coefficient (Wildman–Crippen LogP) is 1.32. The first-order valence-corrected chi connectivity index (χ1v) is 4.96. The number of hydrogen-bond acceptors (Lipinski definition) is 3. The van der Waals surface area contributed by atoms with Gasteiger partial charge in [0.15, 0.2) is 0 Å². The van der Waals surface area contributed by atoms with E-state index in [2.05, 4.69) is 17.2 Å². The lowest BCUT2D eigenvalue weighted by Gasteiger charge is -1.98. The highest BCUT2D eigenvalue weighted by molar-refractivity contribution is 4.90. The zero-order chi connectivity index (χ0) is 9.52. The molecular formula is C9H18N4. The van der Waals surface area contributed by atoms with E-state index in [-0.39, 0.29) is 0 Å². The van der Waals surface area contributed by atoms with Crippen LogP contribution in [-0.4, -0.2) is 15.0 Å².